The first kappa shape index (κ1) is 13.3. The molecular formula is C13H22N4S. The molecule has 1 heterocycles. The maximum absolute atomic E-state index is 5.80. The van der Waals surface area contributed by atoms with Gasteiger partial charge in [-0.15, -0.1) is 0 Å². The fraction of sp³-hybridized carbons (Fsp3) is 0.692. The molecule has 0 saturated heterocycles. The van der Waals surface area contributed by atoms with Crippen LogP contribution in [0, 0.1) is 12.8 Å². The highest BCUT2D eigenvalue weighted by Crippen LogP contribution is 2.30. The molecule has 1 saturated carbocycles. The molecule has 1 aliphatic carbocycles. The highest BCUT2D eigenvalue weighted by atomic mass is 32.1. The molecule has 1 atom stereocenters. The standard InChI is InChI=1S/C13H22N4S/c1-8(10-6-4-5-7-10)15-13-11(12(14)18)9(2)16-17(13)3/h8,10,15H,4-7H2,1-3H3,(H2,14,18). The van der Waals surface area contributed by atoms with Crippen LogP contribution < -0.4 is 11.1 Å². The van der Waals surface area contributed by atoms with E-state index in [9.17, 15) is 0 Å². The Morgan fingerprint density at radius 3 is 2.67 bits per heavy atom. The number of thiocarbonyl (C=S) groups is 1. The third-order valence-corrected chi connectivity index (χ3v) is 4.14. The predicted molar refractivity (Wildman–Crippen MR) is 78.9 cm³/mol. The van der Waals surface area contributed by atoms with Crippen molar-refractivity contribution in [1.29, 1.82) is 0 Å². The summed E-state index contributed by atoms with van der Waals surface area (Å²) in [6, 6.07) is 0.440. The SMILES string of the molecule is Cc1nn(C)c(NC(C)C2CCCC2)c1C(N)=S. The lowest BCUT2D eigenvalue weighted by Gasteiger charge is -2.22. The van der Waals surface area contributed by atoms with E-state index in [0.717, 1.165) is 23.0 Å². The van der Waals surface area contributed by atoms with Crippen molar-refractivity contribution < 1.29 is 0 Å². The van der Waals surface area contributed by atoms with Gasteiger partial charge in [-0.3, -0.25) is 4.68 Å². The molecule has 0 aliphatic heterocycles. The summed E-state index contributed by atoms with van der Waals surface area (Å²) in [6.07, 6.45) is 5.33. The fourth-order valence-corrected chi connectivity index (χ4v) is 3.15. The van der Waals surface area contributed by atoms with Crippen molar-refractivity contribution in [3.63, 3.8) is 0 Å². The average Bonchev–Trinajstić information content (AvgIpc) is 2.87. The molecule has 1 fully saturated rings. The summed E-state index contributed by atoms with van der Waals surface area (Å²) in [5.74, 6) is 1.71. The largest absolute Gasteiger partial charge is 0.389 e. The van der Waals surface area contributed by atoms with Gasteiger partial charge >= 0.3 is 0 Å². The zero-order chi connectivity index (χ0) is 13.3. The van der Waals surface area contributed by atoms with Crippen molar-refractivity contribution in [1.82, 2.24) is 9.78 Å². The minimum Gasteiger partial charge on any atom is -0.389 e. The van der Waals surface area contributed by atoms with Crippen molar-refractivity contribution in [2.45, 2.75) is 45.6 Å². The zero-order valence-corrected chi connectivity index (χ0v) is 12.2. The second kappa shape index (κ2) is 5.26. The highest BCUT2D eigenvalue weighted by molar-refractivity contribution is 7.80. The molecule has 5 heteroatoms. The Morgan fingerprint density at radius 1 is 1.50 bits per heavy atom. The molecule has 0 amide bonds. The summed E-state index contributed by atoms with van der Waals surface area (Å²) in [6.45, 7) is 4.18. The monoisotopic (exact) mass is 266 g/mol. The predicted octanol–water partition coefficient (Wildman–Crippen LogP) is 2.35. The maximum Gasteiger partial charge on any atom is 0.134 e. The molecule has 0 bridgehead atoms. The van der Waals surface area contributed by atoms with Crippen LogP contribution in [0.1, 0.15) is 43.9 Å². The van der Waals surface area contributed by atoms with E-state index < -0.39 is 0 Å². The summed E-state index contributed by atoms with van der Waals surface area (Å²) in [7, 11) is 1.93. The quantitative estimate of drug-likeness (QED) is 0.821. The molecule has 18 heavy (non-hydrogen) atoms. The van der Waals surface area contributed by atoms with E-state index in [1.807, 2.05) is 18.7 Å². The number of aromatic nitrogens is 2. The molecule has 4 nitrogen and oxygen atoms in total. The van der Waals surface area contributed by atoms with Crippen molar-refractivity contribution in [2.24, 2.45) is 18.7 Å². The third kappa shape index (κ3) is 2.51. The van der Waals surface area contributed by atoms with E-state index in [4.69, 9.17) is 18.0 Å². The first-order chi connectivity index (χ1) is 8.50. The Labute approximate surface area is 114 Å². The van der Waals surface area contributed by atoms with Crippen LogP contribution in [0.2, 0.25) is 0 Å². The summed E-state index contributed by atoms with van der Waals surface area (Å²) < 4.78 is 1.84. The number of hydrogen-bond acceptors (Lipinski definition) is 3. The van der Waals surface area contributed by atoms with E-state index in [1.54, 1.807) is 0 Å². The van der Waals surface area contributed by atoms with Crippen molar-refractivity contribution >= 4 is 23.0 Å². The smallest absolute Gasteiger partial charge is 0.134 e. The van der Waals surface area contributed by atoms with Crippen LogP contribution in [0.5, 0.6) is 0 Å². The zero-order valence-electron chi connectivity index (χ0n) is 11.4. The summed E-state index contributed by atoms with van der Waals surface area (Å²) in [4.78, 5) is 0.418. The number of rotatable bonds is 4. The number of nitrogens with two attached hydrogens (primary N) is 1. The van der Waals surface area contributed by atoms with Gasteiger partial charge in [0.05, 0.1) is 11.3 Å². The van der Waals surface area contributed by atoms with Gasteiger partial charge in [0.25, 0.3) is 0 Å². The lowest BCUT2D eigenvalue weighted by Crippen LogP contribution is -2.26. The van der Waals surface area contributed by atoms with Gasteiger partial charge in [0.2, 0.25) is 0 Å². The van der Waals surface area contributed by atoms with E-state index in [-0.39, 0.29) is 0 Å². The first-order valence-corrected chi connectivity index (χ1v) is 7.01. The second-order valence-corrected chi connectivity index (χ2v) is 5.71. The molecular weight excluding hydrogens is 244 g/mol. The van der Waals surface area contributed by atoms with Gasteiger partial charge in [0.1, 0.15) is 10.8 Å². The van der Waals surface area contributed by atoms with Gasteiger partial charge in [-0.1, -0.05) is 25.1 Å². The molecule has 100 valence electrons. The minimum atomic E-state index is 0.418. The Kier molecular flexibility index (Phi) is 3.90. The Morgan fingerprint density at radius 2 is 2.11 bits per heavy atom. The summed E-state index contributed by atoms with van der Waals surface area (Å²) >= 11 is 5.12. The second-order valence-electron chi connectivity index (χ2n) is 5.27. The van der Waals surface area contributed by atoms with E-state index in [1.165, 1.54) is 25.7 Å². The number of hydrogen-bond donors (Lipinski definition) is 2. The maximum atomic E-state index is 5.80. The molecule has 0 aromatic carbocycles. The van der Waals surface area contributed by atoms with Crippen LogP contribution in [-0.2, 0) is 7.05 Å². The van der Waals surface area contributed by atoms with Gasteiger partial charge in [0.15, 0.2) is 0 Å². The van der Waals surface area contributed by atoms with Gasteiger partial charge < -0.3 is 11.1 Å². The summed E-state index contributed by atoms with van der Waals surface area (Å²) in [5, 5.41) is 7.95. The number of nitrogens with zero attached hydrogens (tertiary/aromatic N) is 2. The van der Waals surface area contributed by atoms with Crippen LogP contribution in [0.4, 0.5) is 5.82 Å². The Bertz CT molecular complexity index is 446. The number of nitrogens with one attached hydrogen (secondary N) is 1. The van der Waals surface area contributed by atoms with Gasteiger partial charge in [-0.05, 0) is 32.6 Å². The van der Waals surface area contributed by atoms with E-state index in [0.29, 0.717) is 11.0 Å². The number of anilines is 1. The van der Waals surface area contributed by atoms with Crippen molar-refractivity contribution in [3.05, 3.63) is 11.3 Å². The summed E-state index contributed by atoms with van der Waals surface area (Å²) in [5.41, 5.74) is 7.58. The van der Waals surface area contributed by atoms with Crippen LogP contribution in [0.3, 0.4) is 0 Å². The third-order valence-electron chi connectivity index (χ3n) is 3.94. The van der Waals surface area contributed by atoms with Crippen LogP contribution >= 0.6 is 12.2 Å². The lowest BCUT2D eigenvalue weighted by molar-refractivity contribution is 0.479. The molecule has 1 aliphatic rings. The van der Waals surface area contributed by atoms with Gasteiger partial charge in [-0.2, -0.15) is 5.10 Å². The van der Waals surface area contributed by atoms with E-state index in [2.05, 4.69) is 17.3 Å². The average molecular weight is 266 g/mol. The van der Waals surface area contributed by atoms with E-state index >= 15 is 0 Å². The van der Waals surface area contributed by atoms with Gasteiger partial charge in [0, 0.05) is 13.1 Å². The minimum absolute atomic E-state index is 0.418. The molecule has 0 spiro atoms. The molecule has 2 rings (SSSR count). The van der Waals surface area contributed by atoms with Crippen molar-refractivity contribution in [2.75, 3.05) is 5.32 Å². The molecule has 3 N–H and O–H groups in total. The molecule has 1 aromatic heterocycles. The molecule has 1 aromatic rings. The van der Waals surface area contributed by atoms with Crippen LogP contribution in [-0.4, -0.2) is 20.8 Å². The fourth-order valence-electron chi connectivity index (χ4n) is 2.91. The van der Waals surface area contributed by atoms with Crippen molar-refractivity contribution in [3.8, 4) is 0 Å². The Hall–Kier alpha value is -1.10. The van der Waals surface area contributed by atoms with Crippen LogP contribution in [0.15, 0.2) is 0 Å². The lowest BCUT2D eigenvalue weighted by atomic mass is 9.99. The molecule has 0 radical (unpaired) electrons. The van der Waals surface area contributed by atoms with Crippen LogP contribution in [0.25, 0.3) is 0 Å². The Balaban J connectivity index is 2.20. The highest BCUT2D eigenvalue weighted by Gasteiger charge is 2.24. The van der Waals surface area contributed by atoms with Gasteiger partial charge in [-0.25, -0.2) is 0 Å². The number of aryl methyl sites for hydroxylation is 2. The topological polar surface area (TPSA) is 55.9 Å². The normalized spacial score (nSPS) is 17.9. The first-order valence-electron chi connectivity index (χ1n) is 6.60. The molecule has 1 unspecified atom stereocenters.